The fraction of sp³-hybridized carbons (Fsp3) is 0.533. The zero-order valence-corrected chi connectivity index (χ0v) is 11.4. The summed E-state index contributed by atoms with van der Waals surface area (Å²) < 4.78 is 5.09. The van der Waals surface area contributed by atoms with E-state index in [1.54, 1.807) is 7.11 Å². The summed E-state index contributed by atoms with van der Waals surface area (Å²) in [5.41, 5.74) is 7.02. The number of hydrogen-bond acceptors (Lipinski definition) is 3. The number of nitrogens with two attached hydrogens (primary N) is 1. The average Bonchev–Trinajstić information content (AvgIpc) is 2.42. The Kier molecular flexibility index (Phi) is 4.80. The summed E-state index contributed by atoms with van der Waals surface area (Å²) in [6.45, 7) is 0. The first-order valence-electron chi connectivity index (χ1n) is 6.87. The molecule has 1 aromatic carbocycles. The highest BCUT2D eigenvalue weighted by molar-refractivity contribution is 5.79. The summed E-state index contributed by atoms with van der Waals surface area (Å²) >= 11 is 0. The van der Waals surface area contributed by atoms with Gasteiger partial charge >= 0.3 is 0 Å². The Hall–Kier alpha value is -1.55. The highest BCUT2D eigenvalue weighted by atomic mass is 16.5. The SMILES string of the molecule is COc1ccc(CC(=O)NC2CCCCC2N)cc1. The zero-order valence-electron chi connectivity index (χ0n) is 11.4. The molecule has 0 saturated heterocycles. The first-order chi connectivity index (χ1) is 9.19. The van der Waals surface area contributed by atoms with Gasteiger partial charge in [0.1, 0.15) is 5.75 Å². The van der Waals surface area contributed by atoms with Crippen LogP contribution in [0.5, 0.6) is 5.75 Å². The molecule has 3 N–H and O–H groups in total. The molecule has 1 aliphatic carbocycles. The van der Waals surface area contributed by atoms with Gasteiger partial charge in [-0.25, -0.2) is 0 Å². The molecule has 19 heavy (non-hydrogen) atoms. The Morgan fingerprint density at radius 3 is 2.63 bits per heavy atom. The van der Waals surface area contributed by atoms with Crippen molar-refractivity contribution in [3.63, 3.8) is 0 Å². The molecule has 0 aliphatic heterocycles. The topological polar surface area (TPSA) is 64.3 Å². The molecule has 4 heteroatoms. The number of ether oxygens (including phenoxy) is 1. The molecule has 1 aromatic rings. The standard InChI is InChI=1S/C15H22N2O2/c1-19-12-8-6-11(7-9-12)10-15(18)17-14-5-3-2-4-13(14)16/h6-9,13-14H,2-5,10,16H2,1H3,(H,17,18). The number of nitrogens with one attached hydrogen (secondary N) is 1. The van der Waals surface area contributed by atoms with Crippen LogP contribution in [0.1, 0.15) is 31.2 Å². The molecule has 0 bridgehead atoms. The number of amides is 1. The summed E-state index contributed by atoms with van der Waals surface area (Å²) in [4.78, 5) is 12.0. The minimum Gasteiger partial charge on any atom is -0.497 e. The first-order valence-corrected chi connectivity index (χ1v) is 6.87. The van der Waals surface area contributed by atoms with Crippen LogP contribution >= 0.6 is 0 Å². The highest BCUT2D eigenvalue weighted by Crippen LogP contribution is 2.17. The van der Waals surface area contributed by atoms with Crippen molar-refractivity contribution in [2.75, 3.05) is 7.11 Å². The lowest BCUT2D eigenvalue weighted by Gasteiger charge is -2.29. The van der Waals surface area contributed by atoms with Crippen LogP contribution in [0.4, 0.5) is 0 Å². The van der Waals surface area contributed by atoms with Crippen molar-refractivity contribution < 1.29 is 9.53 Å². The molecular weight excluding hydrogens is 240 g/mol. The van der Waals surface area contributed by atoms with Crippen LogP contribution in [0.3, 0.4) is 0 Å². The predicted molar refractivity (Wildman–Crippen MR) is 75.1 cm³/mol. The monoisotopic (exact) mass is 262 g/mol. The maximum Gasteiger partial charge on any atom is 0.224 e. The summed E-state index contributed by atoms with van der Waals surface area (Å²) in [7, 11) is 1.63. The van der Waals surface area contributed by atoms with Crippen molar-refractivity contribution in [2.24, 2.45) is 5.73 Å². The third kappa shape index (κ3) is 3.96. The maximum atomic E-state index is 12.0. The van der Waals surface area contributed by atoms with Crippen molar-refractivity contribution in [3.8, 4) is 5.75 Å². The van der Waals surface area contributed by atoms with Gasteiger partial charge in [0.05, 0.1) is 13.5 Å². The van der Waals surface area contributed by atoms with Gasteiger partial charge < -0.3 is 15.8 Å². The molecule has 1 saturated carbocycles. The number of benzene rings is 1. The number of carbonyl (C=O) groups excluding carboxylic acids is 1. The molecule has 4 nitrogen and oxygen atoms in total. The molecule has 1 aliphatic rings. The van der Waals surface area contributed by atoms with Crippen LogP contribution in [-0.2, 0) is 11.2 Å². The van der Waals surface area contributed by atoms with Gasteiger partial charge in [0, 0.05) is 12.1 Å². The van der Waals surface area contributed by atoms with Crippen molar-refractivity contribution in [1.82, 2.24) is 5.32 Å². The summed E-state index contributed by atoms with van der Waals surface area (Å²) in [5.74, 6) is 0.853. The summed E-state index contributed by atoms with van der Waals surface area (Å²) in [5, 5.41) is 3.05. The molecule has 0 spiro atoms. The Bertz CT molecular complexity index is 417. The molecule has 0 radical (unpaired) electrons. The van der Waals surface area contributed by atoms with Gasteiger partial charge in [0.15, 0.2) is 0 Å². The van der Waals surface area contributed by atoms with Gasteiger partial charge in [-0.15, -0.1) is 0 Å². The molecule has 1 fully saturated rings. The van der Waals surface area contributed by atoms with Crippen LogP contribution < -0.4 is 15.8 Å². The first kappa shape index (κ1) is 13.9. The van der Waals surface area contributed by atoms with Crippen molar-refractivity contribution in [1.29, 1.82) is 0 Å². The molecule has 2 unspecified atom stereocenters. The third-order valence-electron chi connectivity index (χ3n) is 3.69. The number of rotatable bonds is 4. The summed E-state index contributed by atoms with van der Waals surface area (Å²) in [6.07, 6.45) is 4.73. The lowest BCUT2D eigenvalue weighted by molar-refractivity contribution is -0.121. The van der Waals surface area contributed by atoms with E-state index in [0.717, 1.165) is 30.6 Å². The van der Waals surface area contributed by atoms with Crippen LogP contribution in [0.15, 0.2) is 24.3 Å². The summed E-state index contributed by atoms with van der Waals surface area (Å²) in [6, 6.07) is 7.82. The Balaban J connectivity index is 1.86. The fourth-order valence-corrected chi connectivity index (χ4v) is 2.53. The quantitative estimate of drug-likeness (QED) is 0.866. The van der Waals surface area contributed by atoms with Gasteiger partial charge in [0.2, 0.25) is 5.91 Å². The second-order valence-corrected chi connectivity index (χ2v) is 5.15. The van der Waals surface area contributed by atoms with Gasteiger partial charge in [-0.05, 0) is 30.5 Å². The minimum atomic E-state index is 0.0486. The number of methoxy groups -OCH3 is 1. The molecule has 1 amide bonds. The highest BCUT2D eigenvalue weighted by Gasteiger charge is 2.23. The van der Waals surface area contributed by atoms with E-state index < -0.39 is 0 Å². The maximum absolute atomic E-state index is 12.0. The molecule has 0 heterocycles. The molecular formula is C15H22N2O2. The van der Waals surface area contributed by atoms with Gasteiger partial charge in [-0.3, -0.25) is 4.79 Å². The molecule has 2 rings (SSSR count). The lowest BCUT2D eigenvalue weighted by Crippen LogP contribution is -2.49. The third-order valence-corrected chi connectivity index (χ3v) is 3.69. The minimum absolute atomic E-state index is 0.0486. The van der Waals surface area contributed by atoms with Crippen LogP contribution in [-0.4, -0.2) is 25.1 Å². The van der Waals surface area contributed by atoms with E-state index in [2.05, 4.69) is 5.32 Å². The van der Waals surface area contributed by atoms with Crippen LogP contribution in [0.25, 0.3) is 0 Å². The second kappa shape index (κ2) is 6.57. The predicted octanol–water partition coefficient (Wildman–Crippen LogP) is 1.62. The van der Waals surface area contributed by atoms with Crippen LogP contribution in [0.2, 0.25) is 0 Å². The molecule has 2 atom stereocenters. The van der Waals surface area contributed by atoms with Gasteiger partial charge in [-0.1, -0.05) is 25.0 Å². The van der Waals surface area contributed by atoms with Crippen molar-refractivity contribution >= 4 is 5.91 Å². The smallest absolute Gasteiger partial charge is 0.224 e. The lowest BCUT2D eigenvalue weighted by atomic mass is 9.91. The number of hydrogen-bond donors (Lipinski definition) is 2. The second-order valence-electron chi connectivity index (χ2n) is 5.15. The van der Waals surface area contributed by atoms with Crippen molar-refractivity contribution in [2.45, 2.75) is 44.2 Å². The van der Waals surface area contributed by atoms with E-state index in [-0.39, 0.29) is 18.0 Å². The van der Waals surface area contributed by atoms with E-state index >= 15 is 0 Å². The largest absolute Gasteiger partial charge is 0.497 e. The van der Waals surface area contributed by atoms with Crippen LogP contribution in [0, 0.1) is 0 Å². The Morgan fingerprint density at radius 2 is 2.00 bits per heavy atom. The fourth-order valence-electron chi connectivity index (χ4n) is 2.53. The van der Waals surface area contributed by atoms with Crippen molar-refractivity contribution in [3.05, 3.63) is 29.8 Å². The normalized spacial score (nSPS) is 22.8. The molecule has 104 valence electrons. The van der Waals surface area contributed by atoms with Gasteiger partial charge in [-0.2, -0.15) is 0 Å². The van der Waals surface area contributed by atoms with E-state index in [0.29, 0.717) is 6.42 Å². The zero-order chi connectivity index (χ0) is 13.7. The van der Waals surface area contributed by atoms with E-state index in [1.165, 1.54) is 6.42 Å². The van der Waals surface area contributed by atoms with Gasteiger partial charge in [0.25, 0.3) is 0 Å². The Morgan fingerprint density at radius 1 is 1.32 bits per heavy atom. The average molecular weight is 262 g/mol. The van der Waals surface area contributed by atoms with E-state index in [4.69, 9.17) is 10.5 Å². The van der Waals surface area contributed by atoms with E-state index in [1.807, 2.05) is 24.3 Å². The molecule has 0 aromatic heterocycles. The Labute approximate surface area is 114 Å². The van der Waals surface area contributed by atoms with E-state index in [9.17, 15) is 4.79 Å². The number of carbonyl (C=O) groups is 1.